The number of nitrogens with two attached hydrogens (primary N) is 1. The Bertz CT molecular complexity index is 578. The second-order valence-electron chi connectivity index (χ2n) is 4.87. The van der Waals surface area contributed by atoms with Crippen LogP contribution in [0.5, 0.6) is 0 Å². The summed E-state index contributed by atoms with van der Waals surface area (Å²) in [5, 5.41) is 3.00. The fourth-order valence-electron chi connectivity index (χ4n) is 1.74. The van der Waals surface area contributed by atoms with Crippen molar-refractivity contribution in [2.75, 3.05) is 6.26 Å². The van der Waals surface area contributed by atoms with E-state index in [-0.39, 0.29) is 6.04 Å². The monoisotopic (exact) mass is 283 g/mol. The molecular weight excluding hydrogens is 262 g/mol. The van der Waals surface area contributed by atoms with Crippen LogP contribution in [0.4, 0.5) is 0 Å². The Morgan fingerprint density at radius 1 is 1.42 bits per heavy atom. The third-order valence-corrected chi connectivity index (χ3v) is 3.76. The minimum Gasteiger partial charge on any atom is -0.370 e. The van der Waals surface area contributed by atoms with Crippen LogP contribution >= 0.6 is 0 Å². The summed E-state index contributed by atoms with van der Waals surface area (Å²) in [7, 11) is -3.17. The second kappa shape index (κ2) is 6.06. The average molecular weight is 283 g/mol. The molecule has 1 rings (SSSR count). The fraction of sp³-hybridized carbons (Fsp3) is 0.462. The minimum absolute atomic E-state index is 0.234. The van der Waals surface area contributed by atoms with Gasteiger partial charge in [0.2, 0.25) is 0 Å². The van der Waals surface area contributed by atoms with Crippen molar-refractivity contribution < 1.29 is 8.42 Å². The van der Waals surface area contributed by atoms with Crippen molar-refractivity contribution in [2.24, 2.45) is 10.7 Å². The molecule has 0 spiro atoms. The quantitative estimate of drug-likeness (QED) is 0.642. The Labute approximate surface area is 114 Å². The highest BCUT2D eigenvalue weighted by Crippen LogP contribution is 2.17. The zero-order valence-corrected chi connectivity index (χ0v) is 12.6. The molecule has 0 aliphatic heterocycles. The maximum absolute atomic E-state index is 11.5. The second-order valence-corrected chi connectivity index (χ2v) is 6.86. The molecule has 0 atom stereocenters. The van der Waals surface area contributed by atoms with Crippen molar-refractivity contribution in [3.63, 3.8) is 0 Å². The Kier molecular flexibility index (Phi) is 4.94. The highest BCUT2D eigenvalue weighted by atomic mass is 32.2. The third kappa shape index (κ3) is 4.90. The van der Waals surface area contributed by atoms with E-state index in [9.17, 15) is 8.42 Å². The van der Waals surface area contributed by atoms with Gasteiger partial charge >= 0.3 is 0 Å². The zero-order valence-electron chi connectivity index (χ0n) is 11.8. The Morgan fingerprint density at radius 3 is 2.53 bits per heavy atom. The van der Waals surface area contributed by atoms with Gasteiger partial charge in [-0.2, -0.15) is 0 Å². The molecule has 106 valence electrons. The predicted octanol–water partition coefficient (Wildman–Crippen LogP) is 1.21. The fourth-order valence-corrected chi connectivity index (χ4v) is 2.70. The highest BCUT2D eigenvalue weighted by molar-refractivity contribution is 7.90. The first-order valence-corrected chi connectivity index (χ1v) is 7.95. The van der Waals surface area contributed by atoms with Crippen molar-refractivity contribution in [3.05, 3.63) is 29.3 Å². The maximum atomic E-state index is 11.5. The number of sulfone groups is 1. The molecule has 5 nitrogen and oxygen atoms in total. The molecule has 0 amide bonds. The maximum Gasteiger partial charge on any atom is 0.189 e. The molecule has 1 aromatic rings. The van der Waals surface area contributed by atoms with Gasteiger partial charge in [0.1, 0.15) is 0 Å². The molecule has 0 radical (unpaired) electrons. The van der Waals surface area contributed by atoms with E-state index in [1.54, 1.807) is 19.1 Å². The minimum atomic E-state index is -3.17. The van der Waals surface area contributed by atoms with Crippen molar-refractivity contribution in [1.82, 2.24) is 5.32 Å². The molecule has 0 aromatic heterocycles. The summed E-state index contributed by atoms with van der Waals surface area (Å²) in [4.78, 5) is 4.56. The molecule has 0 heterocycles. The van der Waals surface area contributed by atoms with Crippen LogP contribution in [-0.2, 0) is 16.4 Å². The highest BCUT2D eigenvalue weighted by Gasteiger charge is 2.10. The first-order chi connectivity index (χ1) is 8.70. The van der Waals surface area contributed by atoms with Crippen LogP contribution in [0.15, 0.2) is 28.1 Å². The molecule has 3 N–H and O–H groups in total. The Morgan fingerprint density at radius 2 is 2.05 bits per heavy atom. The summed E-state index contributed by atoms with van der Waals surface area (Å²) in [6.45, 7) is 6.16. The van der Waals surface area contributed by atoms with Gasteiger partial charge in [-0.1, -0.05) is 12.1 Å². The number of rotatable bonds is 4. The van der Waals surface area contributed by atoms with E-state index in [1.807, 2.05) is 19.9 Å². The van der Waals surface area contributed by atoms with E-state index < -0.39 is 9.84 Å². The Hall–Kier alpha value is -1.56. The molecule has 0 aliphatic carbocycles. The lowest BCUT2D eigenvalue weighted by Crippen LogP contribution is -2.36. The summed E-state index contributed by atoms with van der Waals surface area (Å²) in [6.07, 6.45) is 1.21. The number of aryl methyl sites for hydroxylation is 1. The van der Waals surface area contributed by atoms with Crippen LogP contribution in [0, 0.1) is 6.92 Å². The standard InChI is InChI=1S/C13H21N3O2S/c1-9(2)16-13(14)15-8-11-5-6-12(10(3)7-11)19(4,17)18/h5-7,9H,8H2,1-4H3,(H3,14,15,16). The average Bonchev–Trinajstić information content (AvgIpc) is 2.23. The lowest BCUT2D eigenvalue weighted by molar-refractivity contribution is 0.601. The van der Waals surface area contributed by atoms with Gasteiger partial charge in [-0.05, 0) is 38.0 Å². The number of nitrogens with one attached hydrogen (secondary N) is 1. The molecule has 0 bridgehead atoms. The number of hydrogen-bond donors (Lipinski definition) is 2. The van der Waals surface area contributed by atoms with Crippen molar-refractivity contribution in [1.29, 1.82) is 0 Å². The summed E-state index contributed by atoms with van der Waals surface area (Å²) in [5.74, 6) is 0.389. The Balaban J connectivity index is 2.86. The molecule has 0 unspecified atom stereocenters. The zero-order chi connectivity index (χ0) is 14.6. The van der Waals surface area contributed by atoms with Crippen LogP contribution in [-0.4, -0.2) is 26.7 Å². The number of aliphatic imine (C=N–C) groups is 1. The van der Waals surface area contributed by atoms with Gasteiger partial charge in [0.15, 0.2) is 15.8 Å². The van der Waals surface area contributed by atoms with Crippen LogP contribution in [0.1, 0.15) is 25.0 Å². The van der Waals surface area contributed by atoms with Gasteiger partial charge in [-0.15, -0.1) is 0 Å². The van der Waals surface area contributed by atoms with Gasteiger partial charge in [-0.3, -0.25) is 0 Å². The smallest absolute Gasteiger partial charge is 0.189 e. The summed E-state index contributed by atoms with van der Waals surface area (Å²) < 4.78 is 23.0. The predicted molar refractivity (Wildman–Crippen MR) is 77.9 cm³/mol. The lowest BCUT2D eigenvalue weighted by atomic mass is 10.1. The van der Waals surface area contributed by atoms with Gasteiger partial charge in [0, 0.05) is 12.3 Å². The summed E-state index contributed by atoms with van der Waals surface area (Å²) >= 11 is 0. The van der Waals surface area contributed by atoms with E-state index in [4.69, 9.17) is 5.73 Å². The van der Waals surface area contributed by atoms with E-state index in [1.165, 1.54) is 6.26 Å². The van der Waals surface area contributed by atoms with Gasteiger partial charge in [-0.25, -0.2) is 13.4 Å². The van der Waals surface area contributed by atoms with Crippen LogP contribution in [0.25, 0.3) is 0 Å². The summed E-state index contributed by atoms with van der Waals surface area (Å²) in [5.41, 5.74) is 7.36. The molecule has 0 saturated heterocycles. The molecule has 1 aromatic carbocycles. The first kappa shape index (κ1) is 15.5. The van der Waals surface area contributed by atoms with Crippen LogP contribution in [0.2, 0.25) is 0 Å². The third-order valence-electron chi connectivity index (χ3n) is 2.51. The number of benzene rings is 1. The topological polar surface area (TPSA) is 84.5 Å². The van der Waals surface area contributed by atoms with Crippen molar-refractivity contribution >= 4 is 15.8 Å². The van der Waals surface area contributed by atoms with E-state index >= 15 is 0 Å². The lowest BCUT2D eigenvalue weighted by Gasteiger charge is -2.09. The van der Waals surface area contributed by atoms with E-state index in [0.29, 0.717) is 17.4 Å². The van der Waals surface area contributed by atoms with Crippen LogP contribution < -0.4 is 11.1 Å². The molecule has 19 heavy (non-hydrogen) atoms. The molecule has 6 heteroatoms. The molecule has 0 saturated carbocycles. The first-order valence-electron chi connectivity index (χ1n) is 6.06. The van der Waals surface area contributed by atoms with Gasteiger partial charge in [0.25, 0.3) is 0 Å². The molecule has 0 aliphatic rings. The molecule has 0 fully saturated rings. The van der Waals surface area contributed by atoms with E-state index in [2.05, 4.69) is 10.3 Å². The van der Waals surface area contributed by atoms with Gasteiger partial charge in [0.05, 0.1) is 11.4 Å². The number of guanidine groups is 1. The SMILES string of the molecule is Cc1cc(CN=C(N)NC(C)C)ccc1S(C)(=O)=O. The van der Waals surface area contributed by atoms with Crippen molar-refractivity contribution in [3.8, 4) is 0 Å². The normalized spacial score (nSPS) is 12.8. The number of hydrogen-bond acceptors (Lipinski definition) is 3. The molecular formula is C13H21N3O2S. The largest absolute Gasteiger partial charge is 0.370 e. The van der Waals surface area contributed by atoms with Gasteiger partial charge < -0.3 is 11.1 Å². The number of nitrogens with zero attached hydrogens (tertiary/aromatic N) is 1. The van der Waals surface area contributed by atoms with Crippen LogP contribution in [0.3, 0.4) is 0 Å². The summed E-state index contributed by atoms with van der Waals surface area (Å²) in [6, 6.07) is 5.43. The van der Waals surface area contributed by atoms with Crippen molar-refractivity contribution in [2.45, 2.75) is 38.3 Å². The van der Waals surface area contributed by atoms with E-state index in [0.717, 1.165) is 11.1 Å².